The second-order valence-electron chi connectivity index (χ2n) is 6.12. The van der Waals surface area contributed by atoms with Crippen LogP contribution in [0.2, 0.25) is 0 Å². The fourth-order valence-electron chi connectivity index (χ4n) is 3.60. The summed E-state index contributed by atoms with van der Waals surface area (Å²) in [4.78, 5) is 0. The van der Waals surface area contributed by atoms with E-state index in [4.69, 9.17) is 0 Å². The Hall–Kier alpha value is -0.590. The molecule has 2 rings (SSSR count). The predicted molar refractivity (Wildman–Crippen MR) is 72.0 cm³/mol. The second-order valence-corrected chi connectivity index (χ2v) is 6.12. The van der Waals surface area contributed by atoms with Crippen LogP contribution in [-0.2, 0) is 0 Å². The van der Waals surface area contributed by atoms with Crippen LogP contribution in [0.15, 0.2) is 0 Å². The SMILES string of the molecule is N#CC1CCCCCC1NC1(CO)CCCCC1. The summed E-state index contributed by atoms with van der Waals surface area (Å²) in [5.74, 6) is 0.137. The lowest BCUT2D eigenvalue weighted by Gasteiger charge is -2.40. The lowest BCUT2D eigenvalue weighted by Crippen LogP contribution is -2.55. The molecule has 0 radical (unpaired) electrons. The van der Waals surface area contributed by atoms with Gasteiger partial charge in [-0.2, -0.15) is 5.26 Å². The summed E-state index contributed by atoms with van der Waals surface area (Å²) in [6, 6.07) is 2.77. The summed E-state index contributed by atoms with van der Waals surface area (Å²) in [5, 5.41) is 22.8. The molecule has 0 bridgehead atoms. The first-order valence-electron chi connectivity index (χ1n) is 7.58. The van der Waals surface area contributed by atoms with Crippen LogP contribution in [0.4, 0.5) is 0 Å². The van der Waals surface area contributed by atoms with E-state index in [9.17, 15) is 10.4 Å². The van der Waals surface area contributed by atoms with Crippen molar-refractivity contribution in [2.24, 2.45) is 5.92 Å². The van der Waals surface area contributed by atoms with Gasteiger partial charge in [0.25, 0.3) is 0 Å². The highest BCUT2D eigenvalue weighted by Gasteiger charge is 2.35. The van der Waals surface area contributed by atoms with E-state index in [-0.39, 0.29) is 18.1 Å². The standard InChI is InChI=1S/C15H26N2O/c16-11-13-7-3-1-4-8-14(13)17-15(12-18)9-5-2-6-10-15/h13-14,17-18H,1-10,12H2. The van der Waals surface area contributed by atoms with Crippen LogP contribution in [0.5, 0.6) is 0 Å². The minimum atomic E-state index is -0.0949. The van der Waals surface area contributed by atoms with Crippen LogP contribution in [0.1, 0.15) is 64.2 Å². The summed E-state index contributed by atoms with van der Waals surface area (Å²) >= 11 is 0. The van der Waals surface area contributed by atoms with Crippen molar-refractivity contribution in [1.82, 2.24) is 5.32 Å². The zero-order valence-electron chi connectivity index (χ0n) is 11.3. The molecular formula is C15H26N2O. The van der Waals surface area contributed by atoms with E-state index in [1.54, 1.807) is 0 Å². The molecule has 2 fully saturated rings. The number of aliphatic hydroxyl groups is 1. The zero-order chi connectivity index (χ0) is 12.8. The highest BCUT2D eigenvalue weighted by molar-refractivity contribution is 4.99. The molecule has 2 aliphatic carbocycles. The minimum absolute atomic E-state index is 0.0949. The number of nitrogens with one attached hydrogen (secondary N) is 1. The number of hydrogen-bond acceptors (Lipinski definition) is 3. The Balaban J connectivity index is 2.02. The fourth-order valence-corrected chi connectivity index (χ4v) is 3.60. The van der Waals surface area contributed by atoms with Crippen molar-refractivity contribution in [2.45, 2.75) is 75.8 Å². The summed E-state index contributed by atoms with van der Waals surface area (Å²) in [5.41, 5.74) is -0.0949. The molecule has 2 unspecified atom stereocenters. The first kappa shape index (κ1) is 13.8. The van der Waals surface area contributed by atoms with Crippen molar-refractivity contribution in [2.75, 3.05) is 6.61 Å². The Morgan fingerprint density at radius 1 is 1.06 bits per heavy atom. The van der Waals surface area contributed by atoms with Gasteiger partial charge in [0, 0.05) is 11.6 Å². The Bertz CT molecular complexity index is 291. The molecule has 18 heavy (non-hydrogen) atoms. The van der Waals surface area contributed by atoms with Crippen molar-refractivity contribution < 1.29 is 5.11 Å². The van der Waals surface area contributed by atoms with Crippen molar-refractivity contribution in [3.63, 3.8) is 0 Å². The zero-order valence-corrected chi connectivity index (χ0v) is 11.3. The fraction of sp³-hybridized carbons (Fsp3) is 0.933. The first-order valence-corrected chi connectivity index (χ1v) is 7.58. The van der Waals surface area contributed by atoms with Gasteiger partial charge in [-0.1, -0.05) is 38.5 Å². The minimum Gasteiger partial charge on any atom is -0.394 e. The lowest BCUT2D eigenvalue weighted by molar-refractivity contribution is 0.100. The van der Waals surface area contributed by atoms with Crippen LogP contribution in [0.25, 0.3) is 0 Å². The normalized spacial score (nSPS) is 32.4. The van der Waals surface area contributed by atoms with Gasteiger partial charge in [-0.3, -0.25) is 0 Å². The predicted octanol–water partition coefficient (Wildman–Crippen LogP) is 2.74. The molecular weight excluding hydrogens is 224 g/mol. The number of nitriles is 1. The molecule has 2 atom stereocenters. The molecule has 2 N–H and O–H groups in total. The maximum Gasteiger partial charge on any atom is 0.0672 e. The van der Waals surface area contributed by atoms with Gasteiger partial charge in [0.15, 0.2) is 0 Å². The maximum absolute atomic E-state index is 9.76. The molecule has 0 aromatic carbocycles. The summed E-state index contributed by atoms with van der Waals surface area (Å²) in [7, 11) is 0. The Kier molecular flexibility index (Phi) is 5.03. The molecule has 0 spiro atoms. The van der Waals surface area contributed by atoms with Gasteiger partial charge < -0.3 is 10.4 Å². The number of hydrogen-bond donors (Lipinski definition) is 2. The first-order chi connectivity index (χ1) is 8.79. The average molecular weight is 250 g/mol. The van der Waals surface area contributed by atoms with Crippen LogP contribution < -0.4 is 5.32 Å². The quantitative estimate of drug-likeness (QED) is 0.757. The van der Waals surface area contributed by atoms with Gasteiger partial charge in [-0.25, -0.2) is 0 Å². The smallest absolute Gasteiger partial charge is 0.0672 e. The molecule has 0 aliphatic heterocycles. The van der Waals surface area contributed by atoms with Gasteiger partial charge >= 0.3 is 0 Å². The summed E-state index contributed by atoms with van der Waals surface area (Å²) in [6.07, 6.45) is 11.6. The Morgan fingerprint density at radius 2 is 1.72 bits per heavy atom. The van der Waals surface area contributed by atoms with E-state index in [2.05, 4.69) is 11.4 Å². The highest BCUT2D eigenvalue weighted by Crippen LogP contribution is 2.31. The largest absolute Gasteiger partial charge is 0.394 e. The molecule has 3 nitrogen and oxygen atoms in total. The van der Waals surface area contributed by atoms with E-state index >= 15 is 0 Å². The monoisotopic (exact) mass is 250 g/mol. The summed E-state index contributed by atoms with van der Waals surface area (Å²) in [6.45, 7) is 0.224. The third-order valence-corrected chi connectivity index (χ3v) is 4.79. The van der Waals surface area contributed by atoms with Gasteiger partial charge in [-0.15, -0.1) is 0 Å². The Labute approximate surface area is 111 Å². The molecule has 0 amide bonds. The van der Waals surface area contributed by atoms with Gasteiger partial charge in [0.1, 0.15) is 0 Å². The van der Waals surface area contributed by atoms with Crippen molar-refractivity contribution in [3.8, 4) is 6.07 Å². The molecule has 0 heterocycles. The van der Waals surface area contributed by atoms with Crippen molar-refractivity contribution >= 4 is 0 Å². The van der Waals surface area contributed by atoms with Crippen LogP contribution in [0.3, 0.4) is 0 Å². The summed E-state index contributed by atoms with van der Waals surface area (Å²) < 4.78 is 0. The van der Waals surface area contributed by atoms with E-state index in [1.165, 1.54) is 38.5 Å². The van der Waals surface area contributed by atoms with E-state index in [0.717, 1.165) is 25.7 Å². The van der Waals surface area contributed by atoms with Gasteiger partial charge in [-0.05, 0) is 25.7 Å². The van der Waals surface area contributed by atoms with Crippen molar-refractivity contribution in [3.05, 3.63) is 0 Å². The third kappa shape index (κ3) is 3.24. The molecule has 0 aromatic rings. The number of aliphatic hydroxyl groups excluding tert-OH is 1. The van der Waals surface area contributed by atoms with E-state index in [0.29, 0.717) is 6.04 Å². The molecule has 3 heteroatoms. The van der Waals surface area contributed by atoms with Crippen LogP contribution in [-0.4, -0.2) is 23.3 Å². The van der Waals surface area contributed by atoms with Crippen LogP contribution in [0, 0.1) is 17.2 Å². The number of nitrogens with zero attached hydrogens (tertiary/aromatic N) is 1. The molecule has 2 aliphatic rings. The lowest BCUT2D eigenvalue weighted by atomic mass is 9.80. The van der Waals surface area contributed by atoms with Crippen molar-refractivity contribution in [1.29, 1.82) is 5.26 Å². The molecule has 102 valence electrons. The van der Waals surface area contributed by atoms with E-state index in [1.807, 2.05) is 0 Å². The Morgan fingerprint density at radius 3 is 2.39 bits per heavy atom. The van der Waals surface area contributed by atoms with Gasteiger partial charge in [0.2, 0.25) is 0 Å². The molecule has 0 saturated heterocycles. The van der Waals surface area contributed by atoms with E-state index < -0.39 is 0 Å². The molecule has 2 saturated carbocycles. The average Bonchev–Trinajstić information content (AvgIpc) is 2.65. The van der Waals surface area contributed by atoms with Crippen LogP contribution >= 0.6 is 0 Å². The molecule has 0 aromatic heterocycles. The number of rotatable bonds is 3. The third-order valence-electron chi connectivity index (χ3n) is 4.79. The second kappa shape index (κ2) is 6.54. The maximum atomic E-state index is 9.76. The highest BCUT2D eigenvalue weighted by atomic mass is 16.3. The van der Waals surface area contributed by atoms with Gasteiger partial charge in [0.05, 0.1) is 18.6 Å². The topological polar surface area (TPSA) is 56.0 Å².